The van der Waals surface area contributed by atoms with Gasteiger partial charge in [0.05, 0.1) is 17.3 Å². The number of amides is 3. The summed E-state index contributed by atoms with van der Waals surface area (Å²) in [5, 5.41) is 39.5. The van der Waals surface area contributed by atoms with E-state index in [2.05, 4.69) is 16.7 Å². The minimum Gasteiger partial charge on any atom is -0.444 e. The van der Waals surface area contributed by atoms with Crippen LogP contribution in [0.5, 0.6) is 0 Å². The van der Waals surface area contributed by atoms with E-state index in [1.165, 1.54) is 0 Å². The maximum Gasteiger partial charge on any atom is 0.408 e. The highest BCUT2D eigenvalue weighted by Crippen LogP contribution is 2.65. The lowest BCUT2D eigenvalue weighted by molar-refractivity contribution is -0.186. The zero-order valence-electron chi connectivity index (χ0n) is 27.0. The van der Waals surface area contributed by atoms with Crippen LogP contribution in [0.1, 0.15) is 111 Å². The van der Waals surface area contributed by atoms with Crippen LogP contribution in [0.4, 0.5) is 4.79 Å². The number of carbonyl (C=O) groups is 3. The number of piperidine rings is 1. The molecule has 3 amide bonds. The summed E-state index contributed by atoms with van der Waals surface area (Å²) in [4.78, 5) is 44.7. The van der Waals surface area contributed by atoms with E-state index < -0.39 is 57.8 Å². The van der Waals surface area contributed by atoms with Crippen molar-refractivity contribution in [2.75, 3.05) is 0 Å². The van der Waals surface area contributed by atoms with E-state index in [1.807, 2.05) is 0 Å². The molecule has 8 bridgehead atoms. The Balaban J connectivity index is 1.15. The number of ether oxygens (including phenoxy) is 1. The Bertz CT molecular complexity index is 1320. The van der Waals surface area contributed by atoms with Crippen molar-refractivity contribution in [2.45, 2.75) is 152 Å². The molecule has 0 aromatic carbocycles. The second-order valence-electron chi connectivity index (χ2n) is 18.3. The van der Waals surface area contributed by atoms with E-state index in [1.54, 1.807) is 25.7 Å². The van der Waals surface area contributed by atoms with Gasteiger partial charge < -0.3 is 30.5 Å². The number of nitrogens with one attached hydrogen (secondary N) is 2. The van der Waals surface area contributed by atoms with Crippen LogP contribution in [0, 0.1) is 51.8 Å². The number of rotatable bonds is 6. The van der Waals surface area contributed by atoms with Crippen LogP contribution in [0.2, 0.25) is 0 Å². The number of hydrogen-bond acceptors (Lipinski definition) is 7. The Kier molecular flexibility index (Phi) is 6.39. The lowest BCUT2D eigenvalue weighted by Gasteiger charge is -2.63. The summed E-state index contributed by atoms with van der Waals surface area (Å²) in [6.45, 7) is 5.36. The van der Waals surface area contributed by atoms with Gasteiger partial charge in [0.1, 0.15) is 23.7 Å². The summed E-state index contributed by atoms with van der Waals surface area (Å²) >= 11 is 0. The second kappa shape index (κ2) is 9.59. The monoisotopic (exact) mass is 622 g/mol. The number of carbonyl (C=O) groups excluding carboxylic acids is 3. The zero-order chi connectivity index (χ0) is 31.7. The minimum atomic E-state index is -0.976. The predicted molar refractivity (Wildman–Crippen MR) is 162 cm³/mol. The predicted octanol–water partition coefficient (Wildman–Crippen LogP) is 3.54. The van der Waals surface area contributed by atoms with Crippen molar-refractivity contribution in [3.8, 4) is 6.07 Å². The molecule has 0 radical (unpaired) electrons. The molecule has 246 valence electrons. The number of nitrogens with zero attached hydrogens (tertiary/aromatic N) is 2. The summed E-state index contributed by atoms with van der Waals surface area (Å²) in [7, 11) is 0. The van der Waals surface area contributed by atoms with Crippen LogP contribution in [-0.2, 0) is 14.3 Å². The van der Waals surface area contributed by atoms with Crippen molar-refractivity contribution >= 4 is 17.9 Å². The van der Waals surface area contributed by atoms with E-state index in [-0.39, 0.29) is 23.8 Å². The molecule has 0 spiro atoms. The molecule has 10 fully saturated rings. The first-order valence-corrected chi connectivity index (χ1v) is 17.6. The minimum absolute atomic E-state index is 0.0339. The number of nitriles is 1. The van der Waals surface area contributed by atoms with Crippen molar-refractivity contribution in [3.05, 3.63) is 0 Å². The van der Waals surface area contributed by atoms with Gasteiger partial charge in [-0.15, -0.1) is 0 Å². The summed E-state index contributed by atoms with van der Waals surface area (Å²) in [6.07, 6.45) is 9.78. The first kappa shape index (κ1) is 30.0. The maximum absolute atomic E-state index is 14.8. The fourth-order valence-corrected chi connectivity index (χ4v) is 12.9. The normalized spacial score (nSPS) is 47.9. The third kappa shape index (κ3) is 4.97. The largest absolute Gasteiger partial charge is 0.444 e. The number of alkyl carbamates (subject to hydrolysis) is 1. The summed E-state index contributed by atoms with van der Waals surface area (Å²) < 4.78 is 5.67. The summed E-state index contributed by atoms with van der Waals surface area (Å²) in [5.74, 6) is 0.901. The molecule has 4 N–H and O–H groups in total. The SMILES string of the molecule is CC(C)(C)OC(=O)N[C@H](C(=O)N[C@H](C(=O)N1[C@H](C#N)C[C@@H]2C[C@@H]21)C12CC3C[C@H](CC(O)(C3)C1)C2)C12C[C@@H]3C[C@@H](CC(O)(C3)C1)C2. The van der Waals surface area contributed by atoms with E-state index in [0.717, 1.165) is 70.6 Å². The molecule has 10 heteroatoms. The lowest BCUT2D eigenvalue weighted by Crippen LogP contribution is -2.70. The molecule has 9 aliphatic carbocycles. The van der Waals surface area contributed by atoms with Crippen LogP contribution in [0.25, 0.3) is 0 Å². The molecule has 45 heavy (non-hydrogen) atoms. The average Bonchev–Trinajstić information content (AvgIpc) is 3.55. The van der Waals surface area contributed by atoms with Crippen molar-refractivity contribution < 1.29 is 29.3 Å². The fourth-order valence-electron chi connectivity index (χ4n) is 12.9. The van der Waals surface area contributed by atoms with Crippen LogP contribution in [-0.4, -0.2) is 74.0 Å². The van der Waals surface area contributed by atoms with Gasteiger partial charge in [0.15, 0.2) is 0 Å². The molecular weight excluding hydrogens is 572 g/mol. The van der Waals surface area contributed by atoms with Crippen LogP contribution < -0.4 is 10.6 Å². The Morgan fingerprint density at radius 2 is 1.31 bits per heavy atom. The molecule has 10 nitrogen and oxygen atoms in total. The van der Waals surface area contributed by atoms with E-state index in [4.69, 9.17) is 4.74 Å². The molecule has 1 aliphatic heterocycles. The van der Waals surface area contributed by atoms with Gasteiger partial charge in [0.25, 0.3) is 0 Å². The smallest absolute Gasteiger partial charge is 0.408 e. The molecule has 9 saturated carbocycles. The number of aliphatic hydroxyl groups is 2. The Hall–Kier alpha value is -2.38. The molecule has 1 heterocycles. The molecule has 5 unspecified atom stereocenters. The topological polar surface area (TPSA) is 152 Å². The summed E-state index contributed by atoms with van der Waals surface area (Å²) in [5.41, 5.74) is -3.70. The maximum atomic E-state index is 14.8. The molecule has 0 aromatic heterocycles. The van der Waals surface area contributed by atoms with E-state index in [9.17, 15) is 29.9 Å². The number of likely N-dealkylation sites (tertiary alicyclic amines) is 1. The molecular formula is C35H50N4O6. The first-order chi connectivity index (χ1) is 21.1. The highest BCUT2D eigenvalue weighted by molar-refractivity contribution is 5.93. The second-order valence-corrected chi connectivity index (χ2v) is 18.3. The quantitative estimate of drug-likeness (QED) is 0.354. The first-order valence-electron chi connectivity index (χ1n) is 17.6. The van der Waals surface area contributed by atoms with Gasteiger partial charge >= 0.3 is 6.09 Å². The molecule has 0 aromatic rings. The zero-order valence-corrected chi connectivity index (χ0v) is 27.0. The van der Waals surface area contributed by atoms with E-state index in [0.29, 0.717) is 37.0 Å². The summed E-state index contributed by atoms with van der Waals surface area (Å²) in [6, 6.07) is 0.00897. The van der Waals surface area contributed by atoms with Crippen molar-refractivity contribution in [3.63, 3.8) is 0 Å². The van der Waals surface area contributed by atoms with Gasteiger partial charge in [-0.05, 0) is 140 Å². The third-order valence-electron chi connectivity index (χ3n) is 13.3. The molecule has 1 saturated heterocycles. The van der Waals surface area contributed by atoms with Gasteiger partial charge in [-0.3, -0.25) is 9.59 Å². The molecule has 10 aliphatic rings. The van der Waals surface area contributed by atoms with Gasteiger partial charge in [0, 0.05) is 16.9 Å². The average molecular weight is 623 g/mol. The third-order valence-corrected chi connectivity index (χ3v) is 13.3. The van der Waals surface area contributed by atoms with Crippen molar-refractivity contribution in [1.29, 1.82) is 5.26 Å². The highest BCUT2D eigenvalue weighted by atomic mass is 16.6. The van der Waals surface area contributed by atoms with Gasteiger partial charge in [-0.2, -0.15) is 5.26 Å². The fraction of sp³-hybridized carbons (Fsp3) is 0.886. The Morgan fingerprint density at radius 1 is 0.800 bits per heavy atom. The molecule has 13 atom stereocenters. The Labute approximate surface area is 266 Å². The molecule has 10 rings (SSSR count). The Morgan fingerprint density at radius 3 is 1.78 bits per heavy atom. The number of fused-ring (bicyclic) bond motifs is 1. The van der Waals surface area contributed by atoms with Crippen LogP contribution in [0.3, 0.4) is 0 Å². The van der Waals surface area contributed by atoms with Gasteiger partial charge in [-0.25, -0.2) is 4.79 Å². The number of hydrogen-bond donors (Lipinski definition) is 4. The van der Waals surface area contributed by atoms with E-state index >= 15 is 0 Å². The standard InChI is InChI=1S/C35H50N4O6/c1-31(2,3)45-30(42)38-26(32-8-19-4-20(9-32)13-34(43,12-19)17-32)28(40)37-27(29(41)39-24(16-36)6-23-7-25(23)39)33-10-21-5-22(11-33)15-35(44,14-21)18-33/h19-27,43-44H,4-15,17-18H2,1-3H3,(H,37,40)(H,38,42)/t19-,20+,21-,22?,23+,24-,25-,26+,27+,32?,33?,34?,35?/m0/s1. The van der Waals surface area contributed by atoms with Crippen molar-refractivity contribution in [1.82, 2.24) is 15.5 Å². The van der Waals surface area contributed by atoms with Gasteiger partial charge in [-0.1, -0.05) is 0 Å². The lowest BCUT2D eigenvalue weighted by atomic mass is 9.45. The van der Waals surface area contributed by atoms with Gasteiger partial charge in [0.2, 0.25) is 11.8 Å². The van der Waals surface area contributed by atoms with Crippen LogP contribution >= 0.6 is 0 Å². The highest BCUT2D eigenvalue weighted by Gasteiger charge is 2.66. The van der Waals surface area contributed by atoms with Crippen LogP contribution in [0.15, 0.2) is 0 Å². The van der Waals surface area contributed by atoms with Crippen molar-refractivity contribution in [2.24, 2.45) is 40.4 Å².